The van der Waals surface area contributed by atoms with E-state index >= 15 is 0 Å². The highest BCUT2D eigenvalue weighted by atomic mass is 16.3. The van der Waals surface area contributed by atoms with Crippen LogP contribution >= 0.6 is 0 Å². The average molecular weight is 296 g/mol. The molecule has 0 aromatic heterocycles. The Morgan fingerprint density at radius 3 is 2.86 bits per heavy atom. The number of hydrogen-bond acceptors (Lipinski definition) is 2. The van der Waals surface area contributed by atoms with Crippen LogP contribution < -0.4 is 0 Å². The van der Waals surface area contributed by atoms with E-state index in [1.807, 2.05) is 12.1 Å². The summed E-state index contributed by atoms with van der Waals surface area (Å²) in [6, 6.07) is 4.03. The second-order valence-corrected chi connectivity index (χ2v) is 9.17. The second-order valence-electron chi connectivity index (χ2n) is 9.17. The lowest BCUT2D eigenvalue weighted by Crippen LogP contribution is -2.57. The topological polar surface area (TPSA) is 40.5 Å². The van der Waals surface area contributed by atoms with Crippen LogP contribution in [0.25, 0.3) is 0 Å². The zero-order chi connectivity index (χ0) is 14.9. The molecule has 0 amide bonds. The maximum Gasteiger partial charge on any atom is 0.116 e. The van der Waals surface area contributed by atoms with Gasteiger partial charge in [0.1, 0.15) is 5.75 Å². The lowest BCUT2D eigenvalue weighted by Gasteiger charge is -2.61. The predicted octanol–water partition coefficient (Wildman–Crippen LogP) is 3.63. The fraction of sp³-hybridized carbons (Fsp3) is 0.700. The van der Waals surface area contributed by atoms with E-state index in [1.54, 1.807) is 5.56 Å². The van der Waals surface area contributed by atoms with Gasteiger partial charge in [-0.2, -0.15) is 0 Å². The van der Waals surface area contributed by atoms with Gasteiger partial charge in [-0.05, 0) is 91.0 Å². The van der Waals surface area contributed by atoms with Crippen LogP contribution in [0.2, 0.25) is 0 Å². The number of phenols is 1. The Kier molecular flexibility index (Phi) is 1.84. The number of benzene rings is 1. The van der Waals surface area contributed by atoms with Gasteiger partial charge in [-0.3, -0.25) is 0 Å². The van der Waals surface area contributed by atoms with Crippen LogP contribution in [0.15, 0.2) is 12.1 Å². The Hall–Kier alpha value is -1.02. The van der Waals surface area contributed by atoms with Crippen LogP contribution in [0.5, 0.6) is 5.75 Å². The third kappa shape index (κ3) is 0.959. The van der Waals surface area contributed by atoms with E-state index in [9.17, 15) is 10.2 Å². The number of aromatic hydroxyl groups is 1. The van der Waals surface area contributed by atoms with Gasteiger partial charge in [0.15, 0.2) is 0 Å². The first-order chi connectivity index (χ1) is 10.5. The van der Waals surface area contributed by atoms with Crippen molar-refractivity contribution in [2.45, 2.75) is 69.3 Å². The Morgan fingerprint density at radius 1 is 1.14 bits per heavy atom. The molecule has 2 bridgehead atoms. The Bertz CT molecular complexity index is 725. The highest BCUT2D eigenvalue weighted by Gasteiger charge is 2.77. The van der Waals surface area contributed by atoms with Crippen molar-refractivity contribution in [2.75, 3.05) is 0 Å². The number of hydrogen-bond donors (Lipinski definition) is 2. The molecule has 0 radical (unpaired) electrons. The van der Waals surface area contributed by atoms with Gasteiger partial charge >= 0.3 is 0 Å². The van der Waals surface area contributed by atoms with Gasteiger partial charge in [0.05, 0.1) is 6.10 Å². The number of aliphatic hydroxyl groups excluding tert-OH is 1. The summed E-state index contributed by atoms with van der Waals surface area (Å²) >= 11 is 0. The standard InChI is InChI=1S/C20H24O2/c1-18-5-4-13-14-3-2-11-8-12(21)9-15(16(11)13)19(17(18)22)6-7-20(14,18)10-19/h8-9,13-14,17,21-22H,2-7,10H2,1H3/t13?,14?,17-,18-,19+,20-/m1/s1. The van der Waals surface area contributed by atoms with Crippen LogP contribution in [-0.2, 0) is 11.8 Å². The molecular weight excluding hydrogens is 272 g/mol. The highest BCUT2D eigenvalue weighted by molar-refractivity contribution is 5.55. The first kappa shape index (κ1) is 12.4. The van der Waals surface area contributed by atoms with Gasteiger partial charge in [-0.1, -0.05) is 6.92 Å². The number of fused-ring (bicyclic) bond motifs is 4. The predicted molar refractivity (Wildman–Crippen MR) is 84.0 cm³/mol. The highest BCUT2D eigenvalue weighted by Crippen LogP contribution is 2.81. The minimum Gasteiger partial charge on any atom is -0.508 e. The molecule has 5 aliphatic carbocycles. The number of aliphatic hydroxyl groups is 1. The molecule has 0 aliphatic heterocycles. The molecule has 2 nitrogen and oxygen atoms in total. The number of rotatable bonds is 1. The van der Waals surface area contributed by atoms with E-state index in [0.717, 1.165) is 18.8 Å². The SMILES string of the molecule is C[C@]12CCC3c4c5cc(O)cc4[C@@]4(CC[C@@]1(C4)C3CC5)[C@@H]2O. The zero-order valence-electron chi connectivity index (χ0n) is 13.2. The van der Waals surface area contributed by atoms with Crippen molar-refractivity contribution >= 4 is 0 Å². The van der Waals surface area contributed by atoms with E-state index in [1.165, 1.54) is 43.2 Å². The van der Waals surface area contributed by atoms with Crippen LogP contribution in [0.1, 0.15) is 68.1 Å². The van der Waals surface area contributed by atoms with Gasteiger partial charge in [0.2, 0.25) is 0 Å². The molecule has 1 aromatic carbocycles. The van der Waals surface area contributed by atoms with Gasteiger partial charge < -0.3 is 10.2 Å². The van der Waals surface area contributed by atoms with Crippen LogP contribution in [0, 0.1) is 16.7 Å². The molecule has 2 heteroatoms. The molecule has 1 aromatic rings. The van der Waals surface area contributed by atoms with E-state index < -0.39 is 0 Å². The molecule has 0 saturated heterocycles. The quantitative estimate of drug-likeness (QED) is 0.830. The van der Waals surface area contributed by atoms with E-state index in [0.29, 0.717) is 17.1 Å². The summed E-state index contributed by atoms with van der Waals surface area (Å²) in [5.41, 5.74) is 4.68. The molecule has 4 fully saturated rings. The van der Waals surface area contributed by atoms with Crippen molar-refractivity contribution in [3.05, 3.63) is 28.8 Å². The number of phenolic OH excluding ortho intramolecular Hbond substituents is 1. The summed E-state index contributed by atoms with van der Waals surface area (Å²) in [5.74, 6) is 1.88. The van der Waals surface area contributed by atoms with Gasteiger partial charge in [-0.25, -0.2) is 0 Å². The summed E-state index contributed by atoms with van der Waals surface area (Å²) in [6.07, 6.45) is 8.20. The first-order valence-electron chi connectivity index (χ1n) is 9.06. The summed E-state index contributed by atoms with van der Waals surface area (Å²) in [7, 11) is 0. The zero-order valence-corrected chi connectivity index (χ0v) is 13.2. The van der Waals surface area contributed by atoms with Gasteiger partial charge in [0.25, 0.3) is 0 Å². The molecule has 6 atom stereocenters. The lowest BCUT2D eigenvalue weighted by atomic mass is 9.44. The monoisotopic (exact) mass is 296 g/mol. The normalized spacial score (nSPS) is 52.9. The van der Waals surface area contributed by atoms with Crippen molar-refractivity contribution < 1.29 is 10.2 Å². The molecule has 22 heavy (non-hydrogen) atoms. The van der Waals surface area contributed by atoms with Crippen molar-refractivity contribution in [3.63, 3.8) is 0 Å². The minimum atomic E-state index is -0.219. The van der Waals surface area contributed by atoms with Gasteiger partial charge in [0, 0.05) is 10.8 Å². The smallest absolute Gasteiger partial charge is 0.116 e. The number of aryl methyl sites for hydroxylation is 1. The molecular formula is C20H24O2. The fourth-order valence-electron chi connectivity index (χ4n) is 8.22. The molecule has 5 aliphatic rings. The second kappa shape index (κ2) is 3.26. The summed E-state index contributed by atoms with van der Waals surface area (Å²) in [5, 5.41) is 21.7. The Labute approximate surface area is 131 Å². The van der Waals surface area contributed by atoms with Crippen molar-refractivity contribution in [2.24, 2.45) is 16.7 Å². The summed E-state index contributed by atoms with van der Waals surface area (Å²) in [4.78, 5) is 0. The first-order valence-corrected chi connectivity index (χ1v) is 9.06. The molecule has 2 unspecified atom stereocenters. The van der Waals surface area contributed by atoms with Gasteiger partial charge in [-0.15, -0.1) is 0 Å². The average Bonchev–Trinajstić information content (AvgIpc) is 2.97. The maximum atomic E-state index is 11.4. The molecule has 116 valence electrons. The summed E-state index contributed by atoms with van der Waals surface area (Å²) < 4.78 is 0. The fourth-order valence-corrected chi connectivity index (χ4v) is 8.22. The molecule has 0 heterocycles. The van der Waals surface area contributed by atoms with E-state index in [-0.39, 0.29) is 16.9 Å². The largest absolute Gasteiger partial charge is 0.508 e. The van der Waals surface area contributed by atoms with Crippen LogP contribution in [0.3, 0.4) is 0 Å². The third-order valence-corrected chi connectivity index (χ3v) is 8.96. The molecule has 6 rings (SSSR count). The van der Waals surface area contributed by atoms with Crippen molar-refractivity contribution in [1.29, 1.82) is 0 Å². The molecule has 4 saturated carbocycles. The lowest BCUT2D eigenvalue weighted by molar-refractivity contribution is -0.126. The van der Waals surface area contributed by atoms with Crippen molar-refractivity contribution in [1.82, 2.24) is 0 Å². The maximum absolute atomic E-state index is 11.4. The summed E-state index contributed by atoms with van der Waals surface area (Å²) in [6.45, 7) is 2.39. The Balaban J connectivity index is 1.79. The van der Waals surface area contributed by atoms with Crippen LogP contribution in [-0.4, -0.2) is 16.3 Å². The molecule has 1 spiro atoms. The van der Waals surface area contributed by atoms with Crippen LogP contribution in [0.4, 0.5) is 0 Å². The van der Waals surface area contributed by atoms with E-state index in [4.69, 9.17) is 0 Å². The third-order valence-electron chi connectivity index (χ3n) is 8.96. The van der Waals surface area contributed by atoms with Crippen molar-refractivity contribution in [3.8, 4) is 5.75 Å². The molecule has 2 N–H and O–H groups in total. The Morgan fingerprint density at radius 2 is 2.00 bits per heavy atom. The van der Waals surface area contributed by atoms with E-state index in [2.05, 4.69) is 6.92 Å². The minimum absolute atomic E-state index is 0.0602.